The van der Waals surface area contributed by atoms with Crippen LogP contribution in [0.5, 0.6) is 0 Å². The van der Waals surface area contributed by atoms with Crippen molar-refractivity contribution in [2.24, 2.45) is 7.05 Å². The molecule has 0 fully saturated rings. The van der Waals surface area contributed by atoms with Crippen molar-refractivity contribution in [3.63, 3.8) is 0 Å². The Bertz CT molecular complexity index is 487. The lowest BCUT2D eigenvalue weighted by molar-refractivity contribution is 0.0942. The third kappa shape index (κ3) is 2.05. The highest BCUT2D eigenvalue weighted by Gasteiger charge is 2.10. The molecule has 0 aliphatic rings. The van der Waals surface area contributed by atoms with E-state index < -0.39 is 0 Å². The number of nitrogen functional groups attached to an aromatic ring is 1. The van der Waals surface area contributed by atoms with Gasteiger partial charge in [-0.05, 0) is 6.07 Å². The molecule has 0 saturated heterocycles. The molecule has 0 atom stereocenters. The summed E-state index contributed by atoms with van der Waals surface area (Å²) in [5.41, 5.74) is 7.33. The van der Waals surface area contributed by atoms with Crippen LogP contribution in [0.1, 0.15) is 16.2 Å². The van der Waals surface area contributed by atoms with Crippen LogP contribution < -0.4 is 11.1 Å². The molecule has 0 saturated carbocycles. The number of nitrogens with zero attached hydrogens (tertiary/aromatic N) is 2. The molecule has 6 nitrogen and oxygen atoms in total. The first-order chi connectivity index (χ1) is 7.66. The number of carbonyl (C=O) groups excluding carboxylic acids is 1. The lowest BCUT2D eigenvalue weighted by Crippen LogP contribution is -2.24. The standard InChI is InChI=1S/C10H12N4O2/c1-14-6-7(11)4-9(14)10(15)12-5-8-2-3-16-13-8/h2-4,6H,5,11H2,1H3,(H,12,15). The molecule has 2 aromatic rings. The summed E-state index contributed by atoms with van der Waals surface area (Å²) in [6, 6.07) is 3.32. The van der Waals surface area contributed by atoms with E-state index >= 15 is 0 Å². The Hall–Kier alpha value is -2.24. The number of hydrogen-bond donors (Lipinski definition) is 2. The van der Waals surface area contributed by atoms with Crippen molar-refractivity contribution in [2.45, 2.75) is 6.54 Å². The smallest absolute Gasteiger partial charge is 0.268 e. The number of amides is 1. The van der Waals surface area contributed by atoms with Gasteiger partial charge in [0.1, 0.15) is 17.7 Å². The number of anilines is 1. The zero-order valence-corrected chi connectivity index (χ0v) is 8.80. The van der Waals surface area contributed by atoms with Crippen LogP contribution in [0.3, 0.4) is 0 Å². The summed E-state index contributed by atoms with van der Waals surface area (Å²) in [4.78, 5) is 11.7. The molecule has 0 aliphatic heterocycles. The van der Waals surface area contributed by atoms with Gasteiger partial charge >= 0.3 is 0 Å². The molecule has 6 heteroatoms. The van der Waals surface area contributed by atoms with Crippen molar-refractivity contribution in [1.29, 1.82) is 0 Å². The Morgan fingerprint density at radius 3 is 3.06 bits per heavy atom. The van der Waals surface area contributed by atoms with Crippen LogP contribution >= 0.6 is 0 Å². The average Bonchev–Trinajstić information content (AvgIpc) is 2.84. The molecule has 2 heterocycles. The van der Waals surface area contributed by atoms with Crippen LogP contribution in [0.25, 0.3) is 0 Å². The van der Waals surface area contributed by atoms with Gasteiger partial charge in [-0.1, -0.05) is 5.16 Å². The number of aryl methyl sites for hydroxylation is 1. The van der Waals surface area contributed by atoms with Gasteiger partial charge in [-0.15, -0.1) is 0 Å². The van der Waals surface area contributed by atoms with E-state index in [4.69, 9.17) is 5.73 Å². The molecule has 0 aliphatic carbocycles. The van der Waals surface area contributed by atoms with Gasteiger partial charge < -0.3 is 20.1 Å². The zero-order chi connectivity index (χ0) is 11.5. The van der Waals surface area contributed by atoms with Crippen LogP contribution in [0.4, 0.5) is 5.69 Å². The first kappa shape index (κ1) is 10.3. The normalized spacial score (nSPS) is 10.3. The van der Waals surface area contributed by atoms with Gasteiger partial charge in [0, 0.05) is 19.3 Å². The van der Waals surface area contributed by atoms with Crippen LogP contribution in [-0.2, 0) is 13.6 Å². The summed E-state index contributed by atoms with van der Waals surface area (Å²) in [5, 5.41) is 6.41. The molecule has 0 unspecified atom stereocenters. The minimum atomic E-state index is -0.192. The lowest BCUT2D eigenvalue weighted by atomic mass is 10.3. The molecule has 0 spiro atoms. The molecular weight excluding hydrogens is 208 g/mol. The third-order valence-corrected chi connectivity index (χ3v) is 2.18. The molecule has 0 aromatic carbocycles. The maximum atomic E-state index is 11.7. The summed E-state index contributed by atoms with van der Waals surface area (Å²) in [5.74, 6) is -0.192. The Balaban J connectivity index is 2.01. The van der Waals surface area contributed by atoms with Gasteiger partial charge in [0.05, 0.1) is 12.2 Å². The molecule has 84 valence electrons. The Labute approximate surface area is 92.0 Å². The lowest BCUT2D eigenvalue weighted by Gasteiger charge is -2.03. The fraction of sp³-hybridized carbons (Fsp3) is 0.200. The highest BCUT2D eigenvalue weighted by atomic mass is 16.5. The fourth-order valence-electron chi connectivity index (χ4n) is 1.41. The molecular formula is C10H12N4O2. The zero-order valence-electron chi connectivity index (χ0n) is 8.80. The predicted molar refractivity (Wildman–Crippen MR) is 57.5 cm³/mol. The first-order valence-electron chi connectivity index (χ1n) is 4.76. The number of nitrogens with two attached hydrogens (primary N) is 1. The predicted octanol–water partition coefficient (Wildman–Crippen LogP) is 0.525. The van der Waals surface area contributed by atoms with Crippen molar-refractivity contribution >= 4 is 11.6 Å². The topological polar surface area (TPSA) is 86.1 Å². The molecule has 1 amide bonds. The minimum Gasteiger partial charge on any atom is -0.397 e. The van der Waals surface area contributed by atoms with E-state index in [2.05, 4.69) is 15.0 Å². The number of nitrogens with one attached hydrogen (secondary N) is 1. The molecule has 0 bridgehead atoms. The minimum absolute atomic E-state index is 0.192. The number of aromatic nitrogens is 2. The SMILES string of the molecule is Cn1cc(N)cc1C(=O)NCc1ccon1. The Kier molecular flexibility index (Phi) is 2.63. The van der Waals surface area contributed by atoms with E-state index in [1.165, 1.54) is 6.26 Å². The van der Waals surface area contributed by atoms with E-state index in [9.17, 15) is 4.79 Å². The van der Waals surface area contributed by atoms with E-state index in [1.807, 2.05) is 0 Å². The summed E-state index contributed by atoms with van der Waals surface area (Å²) in [6.45, 7) is 0.334. The van der Waals surface area contributed by atoms with E-state index in [0.717, 1.165) is 0 Å². The quantitative estimate of drug-likeness (QED) is 0.789. The monoisotopic (exact) mass is 220 g/mol. The Morgan fingerprint density at radius 2 is 2.50 bits per heavy atom. The van der Waals surface area contributed by atoms with Gasteiger partial charge in [-0.25, -0.2) is 0 Å². The van der Waals surface area contributed by atoms with Gasteiger partial charge in [-0.2, -0.15) is 0 Å². The van der Waals surface area contributed by atoms with Crippen molar-refractivity contribution in [2.75, 3.05) is 5.73 Å². The summed E-state index contributed by atoms with van der Waals surface area (Å²) >= 11 is 0. The summed E-state index contributed by atoms with van der Waals surface area (Å²) < 4.78 is 6.33. The van der Waals surface area contributed by atoms with Crippen LogP contribution in [-0.4, -0.2) is 15.6 Å². The van der Waals surface area contributed by atoms with Crippen LogP contribution in [0.2, 0.25) is 0 Å². The summed E-state index contributed by atoms with van der Waals surface area (Å²) in [6.07, 6.45) is 3.15. The van der Waals surface area contributed by atoms with Gasteiger partial charge in [-0.3, -0.25) is 4.79 Å². The van der Waals surface area contributed by atoms with Crippen molar-refractivity contribution in [1.82, 2.24) is 15.0 Å². The maximum Gasteiger partial charge on any atom is 0.268 e. The molecule has 2 rings (SSSR count). The maximum absolute atomic E-state index is 11.7. The first-order valence-corrected chi connectivity index (χ1v) is 4.76. The second-order valence-corrected chi connectivity index (χ2v) is 3.44. The largest absolute Gasteiger partial charge is 0.397 e. The highest BCUT2D eigenvalue weighted by Crippen LogP contribution is 2.08. The number of rotatable bonds is 3. The summed E-state index contributed by atoms with van der Waals surface area (Å²) in [7, 11) is 1.77. The number of carbonyl (C=O) groups is 1. The highest BCUT2D eigenvalue weighted by molar-refractivity contribution is 5.93. The third-order valence-electron chi connectivity index (χ3n) is 2.18. The van der Waals surface area contributed by atoms with Crippen LogP contribution in [0, 0.1) is 0 Å². The second-order valence-electron chi connectivity index (χ2n) is 3.44. The van der Waals surface area contributed by atoms with E-state index in [1.54, 1.807) is 29.9 Å². The van der Waals surface area contributed by atoms with Crippen molar-refractivity contribution < 1.29 is 9.32 Å². The van der Waals surface area contributed by atoms with Gasteiger partial charge in [0.15, 0.2) is 0 Å². The average molecular weight is 220 g/mol. The van der Waals surface area contributed by atoms with Gasteiger partial charge in [0.25, 0.3) is 5.91 Å². The van der Waals surface area contributed by atoms with Gasteiger partial charge in [0.2, 0.25) is 0 Å². The van der Waals surface area contributed by atoms with E-state index in [-0.39, 0.29) is 5.91 Å². The molecule has 0 radical (unpaired) electrons. The fourth-order valence-corrected chi connectivity index (χ4v) is 1.41. The van der Waals surface area contributed by atoms with E-state index in [0.29, 0.717) is 23.6 Å². The Morgan fingerprint density at radius 1 is 1.69 bits per heavy atom. The number of hydrogen-bond acceptors (Lipinski definition) is 4. The van der Waals surface area contributed by atoms with Crippen molar-refractivity contribution in [3.8, 4) is 0 Å². The molecule has 3 N–H and O–H groups in total. The second kappa shape index (κ2) is 4.09. The molecule has 2 aromatic heterocycles. The van der Waals surface area contributed by atoms with Crippen molar-refractivity contribution in [3.05, 3.63) is 36.0 Å². The van der Waals surface area contributed by atoms with Crippen LogP contribution in [0.15, 0.2) is 29.1 Å². The molecule has 16 heavy (non-hydrogen) atoms.